The first-order valence-electron chi connectivity index (χ1n) is 7.33. The number of hydrogen-bond acceptors (Lipinski definition) is 4. The maximum Gasteiger partial charge on any atom is 0.236 e. The van der Waals surface area contributed by atoms with Gasteiger partial charge in [-0.2, -0.15) is 0 Å². The Balaban J connectivity index is 2.61. The summed E-state index contributed by atoms with van der Waals surface area (Å²) in [7, 11) is -1.27. The third-order valence-corrected chi connectivity index (χ3v) is 6.30. The van der Waals surface area contributed by atoms with E-state index < -0.39 is 15.1 Å². The van der Waals surface area contributed by atoms with E-state index in [2.05, 4.69) is 6.92 Å². The predicted octanol–water partition coefficient (Wildman–Crippen LogP) is 1.14. The summed E-state index contributed by atoms with van der Waals surface area (Å²) in [5, 5.41) is -0.473. The molecule has 1 saturated heterocycles. The van der Waals surface area contributed by atoms with Crippen molar-refractivity contribution >= 4 is 15.7 Å². The monoisotopic (exact) mass is 304 g/mol. The molecule has 0 N–H and O–H groups in total. The van der Waals surface area contributed by atoms with Gasteiger partial charge >= 0.3 is 0 Å². The average Bonchev–Trinajstić information content (AvgIpc) is 2.36. The number of piperidine rings is 1. The number of carbonyl (C=O) groups excluding carboxylic acids is 1. The summed E-state index contributed by atoms with van der Waals surface area (Å²) < 4.78 is 23.2. The van der Waals surface area contributed by atoms with Crippen LogP contribution in [0.2, 0.25) is 0 Å². The second-order valence-corrected chi connectivity index (χ2v) is 8.52. The summed E-state index contributed by atoms with van der Waals surface area (Å²) in [5.74, 6) is 0.104. The lowest BCUT2D eigenvalue weighted by Gasteiger charge is -2.36. The molecule has 118 valence electrons. The van der Waals surface area contributed by atoms with Crippen molar-refractivity contribution in [3.05, 3.63) is 0 Å². The summed E-state index contributed by atoms with van der Waals surface area (Å²) in [5.41, 5.74) is 0. The number of likely N-dealkylation sites (tertiary alicyclic amines) is 1. The maximum atomic E-state index is 12.3. The van der Waals surface area contributed by atoms with E-state index in [4.69, 9.17) is 0 Å². The molecule has 20 heavy (non-hydrogen) atoms. The smallest absolute Gasteiger partial charge is 0.236 e. The van der Waals surface area contributed by atoms with E-state index in [-0.39, 0.29) is 18.5 Å². The van der Waals surface area contributed by atoms with Crippen molar-refractivity contribution in [2.75, 3.05) is 26.4 Å². The molecule has 0 aromatic rings. The third-order valence-electron chi connectivity index (χ3n) is 4.56. The number of carbonyl (C=O) groups is 1. The second kappa shape index (κ2) is 6.89. The van der Waals surface area contributed by atoms with Crippen LogP contribution in [-0.2, 0) is 14.6 Å². The maximum absolute atomic E-state index is 12.3. The van der Waals surface area contributed by atoms with Crippen LogP contribution in [-0.4, -0.2) is 67.9 Å². The molecule has 3 unspecified atom stereocenters. The molecule has 0 aromatic carbocycles. The van der Waals surface area contributed by atoms with Gasteiger partial charge in [0.25, 0.3) is 0 Å². The van der Waals surface area contributed by atoms with Gasteiger partial charge in [0.2, 0.25) is 5.91 Å². The van der Waals surface area contributed by atoms with Crippen LogP contribution in [0.25, 0.3) is 0 Å². The predicted molar refractivity (Wildman–Crippen MR) is 81.4 cm³/mol. The van der Waals surface area contributed by atoms with E-state index in [1.54, 1.807) is 6.92 Å². The number of sulfone groups is 1. The van der Waals surface area contributed by atoms with Gasteiger partial charge < -0.3 is 4.90 Å². The first-order chi connectivity index (χ1) is 9.14. The van der Waals surface area contributed by atoms with Crippen molar-refractivity contribution in [3.8, 4) is 0 Å². The second-order valence-electron chi connectivity index (χ2n) is 6.12. The van der Waals surface area contributed by atoms with Gasteiger partial charge in [0.15, 0.2) is 9.84 Å². The normalized spacial score (nSPS) is 23.7. The Morgan fingerprint density at radius 3 is 2.45 bits per heavy atom. The summed E-state index contributed by atoms with van der Waals surface area (Å²) in [6.07, 6.45) is 4.55. The molecular weight excluding hydrogens is 276 g/mol. The van der Waals surface area contributed by atoms with Crippen LogP contribution in [0.15, 0.2) is 0 Å². The fraction of sp³-hybridized carbons (Fsp3) is 0.929. The summed E-state index contributed by atoms with van der Waals surface area (Å²) in [6, 6.07) is 0.126. The minimum Gasteiger partial charge on any atom is -0.339 e. The Hall–Kier alpha value is -0.620. The lowest BCUT2D eigenvalue weighted by Crippen LogP contribution is -2.50. The zero-order valence-corrected chi connectivity index (χ0v) is 14.1. The molecule has 3 atom stereocenters. The molecule has 0 radical (unpaired) electrons. The van der Waals surface area contributed by atoms with Gasteiger partial charge in [0, 0.05) is 24.9 Å². The van der Waals surface area contributed by atoms with Crippen LogP contribution in [0.4, 0.5) is 0 Å². The van der Waals surface area contributed by atoms with E-state index in [9.17, 15) is 13.2 Å². The molecule has 1 rings (SSSR count). The Labute approximate surface area is 123 Å². The van der Waals surface area contributed by atoms with Crippen molar-refractivity contribution in [2.45, 2.75) is 57.4 Å². The first-order valence-corrected chi connectivity index (χ1v) is 9.28. The quantitative estimate of drug-likeness (QED) is 0.764. The molecule has 0 saturated carbocycles. The first kappa shape index (κ1) is 17.4. The summed E-state index contributed by atoms with van der Waals surface area (Å²) in [6.45, 7) is 6.75. The molecule has 1 aliphatic heterocycles. The van der Waals surface area contributed by atoms with Gasteiger partial charge in [0.05, 0.1) is 11.8 Å². The Morgan fingerprint density at radius 2 is 1.95 bits per heavy atom. The third kappa shape index (κ3) is 4.45. The highest BCUT2D eigenvalue weighted by molar-refractivity contribution is 7.91. The van der Waals surface area contributed by atoms with Crippen LogP contribution in [0.1, 0.15) is 40.0 Å². The van der Waals surface area contributed by atoms with Crippen LogP contribution < -0.4 is 0 Å². The van der Waals surface area contributed by atoms with Crippen molar-refractivity contribution in [2.24, 2.45) is 0 Å². The van der Waals surface area contributed by atoms with Crippen LogP contribution >= 0.6 is 0 Å². The van der Waals surface area contributed by atoms with E-state index in [0.717, 1.165) is 19.4 Å². The van der Waals surface area contributed by atoms with E-state index in [1.165, 1.54) is 12.7 Å². The molecule has 0 aliphatic carbocycles. The molecule has 1 amide bonds. The minimum absolute atomic E-state index is 0.104. The number of nitrogens with zero attached hydrogens (tertiary/aromatic N) is 2. The summed E-state index contributed by atoms with van der Waals surface area (Å²) >= 11 is 0. The standard InChI is InChI=1S/C14H28N2O3S/c1-11-8-6-7-9-16(11)14(17)10-15(4)12(2)13(3)20(5,18)19/h11-13H,6-10H2,1-5H3. The number of likely N-dealkylation sites (N-methyl/N-ethyl adjacent to an activating group) is 1. The highest BCUT2D eigenvalue weighted by atomic mass is 32.2. The molecule has 1 aliphatic rings. The molecular formula is C14H28N2O3S. The average molecular weight is 304 g/mol. The van der Waals surface area contributed by atoms with Gasteiger partial charge in [-0.3, -0.25) is 9.69 Å². The Bertz CT molecular complexity index is 436. The SMILES string of the molecule is CC(C(C)S(C)(=O)=O)N(C)CC(=O)N1CCCCC1C. The van der Waals surface area contributed by atoms with E-state index in [0.29, 0.717) is 6.04 Å². The van der Waals surface area contributed by atoms with Gasteiger partial charge in [-0.1, -0.05) is 0 Å². The molecule has 5 nitrogen and oxygen atoms in total. The highest BCUT2D eigenvalue weighted by Crippen LogP contribution is 2.17. The van der Waals surface area contributed by atoms with Crippen LogP contribution in [0, 0.1) is 0 Å². The fourth-order valence-electron chi connectivity index (χ4n) is 2.63. The van der Waals surface area contributed by atoms with Gasteiger partial charge in [-0.15, -0.1) is 0 Å². The topological polar surface area (TPSA) is 57.7 Å². The molecule has 0 spiro atoms. The molecule has 0 aromatic heterocycles. The minimum atomic E-state index is -3.09. The lowest BCUT2D eigenvalue weighted by molar-refractivity contribution is -0.135. The zero-order chi connectivity index (χ0) is 15.5. The number of hydrogen-bond donors (Lipinski definition) is 0. The van der Waals surface area contributed by atoms with Gasteiger partial charge in [-0.05, 0) is 47.1 Å². The van der Waals surface area contributed by atoms with Crippen molar-refractivity contribution in [3.63, 3.8) is 0 Å². The molecule has 0 bridgehead atoms. The van der Waals surface area contributed by atoms with Gasteiger partial charge in [-0.25, -0.2) is 8.42 Å². The van der Waals surface area contributed by atoms with Crippen molar-refractivity contribution in [1.29, 1.82) is 0 Å². The van der Waals surface area contributed by atoms with Crippen LogP contribution in [0.3, 0.4) is 0 Å². The fourth-order valence-corrected chi connectivity index (χ4v) is 3.56. The van der Waals surface area contributed by atoms with E-state index >= 15 is 0 Å². The highest BCUT2D eigenvalue weighted by Gasteiger charge is 2.29. The molecule has 1 heterocycles. The summed E-state index contributed by atoms with van der Waals surface area (Å²) in [4.78, 5) is 16.1. The molecule has 6 heteroatoms. The Morgan fingerprint density at radius 1 is 1.35 bits per heavy atom. The van der Waals surface area contributed by atoms with Crippen molar-refractivity contribution in [1.82, 2.24) is 9.80 Å². The number of amides is 1. The lowest BCUT2D eigenvalue weighted by atomic mass is 10.0. The van der Waals surface area contributed by atoms with E-state index in [1.807, 2.05) is 23.8 Å². The van der Waals surface area contributed by atoms with Crippen LogP contribution in [0.5, 0.6) is 0 Å². The van der Waals surface area contributed by atoms with Gasteiger partial charge in [0.1, 0.15) is 0 Å². The zero-order valence-electron chi connectivity index (χ0n) is 13.3. The Kier molecular flexibility index (Phi) is 6.01. The van der Waals surface area contributed by atoms with Crippen molar-refractivity contribution < 1.29 is 13.2 Å². The largest absolute Gasteiger partial charge is 0.339 e. The molecule has 1 fully saturated rings. The number of rotatable bonds is 5.